The van der Waals surface area contributed by atoms with E-state index in [0.717, 1.165) is 4.57 Å². The van der Waals surface area contributed by atoms with Gasteiger partial charge >= 0.3 is 5.69 Å². The number of carbonyl (C=O) groups excluding carboxylic acids is 1. The summed E-state index contributed by atoms with van der Waals surface area (Å²) in [6.07, 6.45) is 1.26. The number of nitriles is 1. The standard InChI is InChI=1S/C19H17N5O3S/c1-3-22-10-14(9-20)17(26)23(19(22)27)11-15-12-28-18(21-15)24(13(2)25)16-7-5-4-6-8-16/h4-8,10,12H,3,11H2,1-2H3. The van der Waals surface area contributed by atoms with Gasteiger partial charge in [0.1, 0.15) is 11.6 Å². The Morgan fingerprint density at radius 2 is 2.00 bits per heavy atom. The highest BCUT2D eigenvalue weighted by Gasteiger charge is 2.19. The van der Waals surface area contributed by atoms with Gasteiger partial charge in [0.25, 0.3) is 5.56 Å². The van der Waals surface area contributed by atoms with E-state index in [1.807, 2.05) is 24.3 Å². The predicted molar refractivity (Wildman–Crippen MR) is 106 cm³/mol. The summed E-state index contributed by atoms with van der Waals surface area (Å²) in [4.78, 5) is 42.9. The van der Waals surface area contributed by atoms with E-state index in [-0.39, 0.29) is 18.0 Å². The molecule has 0 N–H and O–H groups in total. The van der Waals surface area contributed by atoms with Crippen LogP contribution in [-0.2, 0) is 17.9 Å². The van der Waals surface area contributed by atoms with E-state index < -0.39 is 11.2 Å². The van der Waals surface area contributed by atoms with Gasteiger partial charge in [0.15, 0.2) is 5.13 Å². The van der Waals surface area contributed by atoms with Gasteiger partial charge in [-0.25, -0.2) is 9.78 Å². The molecular formula is C19H17N5O3S. The maximum atomic E-state index is 12.5. The molecule has 3 rings (SSSR count). The van der Waals surface area contributed by atoms with Crippen LogP contribution in [0, 0.1) is 11.3 Å². The van der Waals surface area contributed by atoms with Crippen LogP contribution in [0.5, 0.6) is 0 Å². The van der Waals surface area contributed by atoms with Gasteiger partial charge < -0.3 is 0 Å². The molecule has 1 aromatic carbocycles. The minimum atomic E-state index is -0.654. The maximum absolute atomic E-state index is 12.5. The number of benzene rings is 1. The van der Waals surface area contributed by atoms with Crippen molar-refractivity contribution < 1.29 is 4.79 Å². The van der Waals surface area contributed by atoms with E-state index in [1.54, 1.807) is 24.4 Å². The Morgan fingerprint density at radius 1 is 1.29 bits per heavy atom. The van der Waals surface area contributed by atoms with Crippen molar-refractivity contribution in [3.8, 4) is 6.07 Å². The third-order valence-electron chi connectivity index (χ3n) is 4.08. The molecule has 0 radical (unpaired) electrons. The summed E-state index contributed by atoms with van der Waals surface area (Å²) >= 11 is 1.24. The van der Waals surface area contributed by atoms with Crippen LogP contribution < -0.4 is 16.1 Å². The molecule has 0 saturated heterocycles. The number of para-hydroxylation sites is 1. The van der Waals surface area contributed by atoms with Crippen LogP contribution in [0.1, 0.15) is 25.1 Å². The number of hydrogen-bond donors (Lipinski definition) is 0. The lowest BCUT2D eigenvalue weighted by Gasteiger charge is -2.17. The zero-order valence-electron chi connectivity index (χ0n) is 15.3. The average molecular weight is 395 g/mol. The molecule has 0 bridgehead atoms. The van der Waals surface area contributed by atoms with Crippen molar-refractivity contribution in [2.45, 2.75) is 26.9 Å². The van der Waals surface area contributed by atoms with Gasteiger partial charge in [-0.2, -0.15) is 5.26 Å². The molecule has 0 fully saturated rings. The molecule has 0 spiro atoms. The molecule has 0 aliphatic carbocycles. The summed E-state index contributed by atoms with van der Waals surface area (Å²) in [5.74, 6) is -0.205. The third-order valence-corrected chi connectivity index (χ3v) is 4.95. The van der Waals surface area contributed by atoms with Crippen LogP contribution in [0.2, 0.25) is 0 Å². The van der Waals surface area contributed by atoms with Crippen molar-refractivity contribution in [2.75, 3.05) is 4.90 Å². The number of thiazole rings is 1. The molecule has 0 aliphatic rings. The normalized spacial score (nSPS) is 10.5. The molecule has 2 heterocycles. The number of hydrogen-bond acceptors (Lipinski definition) is 6. The summed E-state index contributed by atoms with van der Waals surface area (Å²) in [6.45, 7) is 3.45. The summed E-state index contributed by atoms with van der Waals surface area (Å²) < 4.78 is 2.29. The monoisotopic (exact) mass is 395 g/mol. The second-order valence-electron chi connectivity index (χ2n) is 5.93. The summed E-state index contributed by atoms with van der Waals surface area (Å²) in [5, 5.41) is 11.3. The second-order valence-corrected chi connectivity index (χ2v) is 6.76. The first-order valence-corrected chi connectivity index (χ1v) is 9.38. The van der Waals surface area contributed by atoms with Crippen LogP contribution in [0.4, 0.5) is 10.8 Å². The van der Waals surface area contributed by atoms with Crippen LogP contribution in [0.15, 0.2) is 51.5 Å². The van der Waals surface area contributed by atoms with E-state index in [0.29, 0.717) is 23.1 Å². The summed E-state index contributed by atoms with van der Waals surface area (Å²) in [5.41, 5.74) is -0.135. The van der Waals surface area contributed by atoms with Gasteiger partial charge in [0.2, 0.25) is 5.91 Å². The molecule has 142 valence electrons. The highest BCUT2D eigenvalue weighted by molar-refractivity contribution is 7.14. The SMILES string of the molecule is CCn1cc(C#N)c(=O)n(Cc2csc(N(C(C)=O)c3ccccc3)n2)c1=O. The van der Waals surface area contributed by atoms with Crippen LogP contribution >= 0.6 is 11.3 Å². The Labute approximate surface area is 164 Å². The fourth-order valence-electron chi connectivity index (χ4n) is 2.73. The molecular weight excluding hydrogens is 378 g/mol. The maximum Gasteiger partial charge on any atom is 0.331 e. The highest BCUT2D eigenvalue weighted by atomic mass is 32.1. The van der Waals surface area contributed by atoms with Crippen molar-refractivity contribution in [1.29, 1.82) is 5.26 Å². The van der Waals surface area contributed by atoms with Crippen molar-refractivity contribution in [3.05, 3.63) is 74.0 Å². The van der Waals surface area contributed by atoms with E-state index in [1.165, 1.54) is 33.9 Å². The Bertz CT molecular complexity index is 1170. The first kappa shape index (κ1) is 19.3. The summed E-state index contributed by atoms with van der Waals surface area (Å²) in [6, 6.07) is 10.9. The van der Waals surface area contributed by atoms with Crippen molar-refractivity contribution in [3.63, 3.8) is 0 Å². The quantitative estimate of drug-likeness (QED) is 0.658. The smallest absolute Gasteiger partial charge is 0.299 e. The molecule has 3 aromatic rings. The van der Waals surface area contributed by atoms with Gasteiger partial charge in [-0.15, -0.1) is 11.3 Å². The lowest BCUT2D eigenvalue weighted by molar-refractivity contribution is -0.115. The molecule has 0 saturated carbocycles. The van der Waals surface area contributed by atoms with Crippen LogP contribution in [-0.4, -0.2) is 20.0 Å². The molecule has 8 nitrogen and oxygen atoms in total. The number of aromatic nitrogens is 3. The van der Waals surface area contributed by atoms with Gasteiger partial charge in [0, 0.05) is 25.0 Å². The zero-order valence-corrected chi connectivity index (χ0v) is 16.1. The number of carbonyl (C=O) groups is 1. The zero-order chi connectivity index (χ0) is 20.3. The van der Waals surface area contributed by atoms with Gasteiger partial charge in [-0.1, -0.05) is 18.2 Å². The lowest BCUT2D eigenvalue weighted by Crippen LogP contribution is -2.41. The van der Waals surface area contributed by atoms with E-state index >= 15 is 0 Å². The molecule has 28 heavy (non-hydrogen) atoms. The first-order chi connectivity index (χ1) is 13.5. The Morgan fingerprint density at radius 3 is 2.61 bits per heavy atom. The predicted octanol–water partition coefficient (Wildman–Crippen LogP) is 2.09. The van der Waals surface area contributed by atoms with Gasteiger partial charge in [-0.3, -0.25) is 23.6 Å². The molecule has 0 aliphatic heterocycles. The molecule has 2 aromatic heterocycles. The minimum Gasteiger partial charge on any atom is -0.299 e. The molecule has 0 unspecified atom stereocenters. The largest absolute Gasteiger partial charge is 0.331 e. The molecule has 9 heteroatoms. The van der Waals surface area contributed by atoms with Crippen molar-refractivity contribution >= 4 is 28.1 Å². The van der Waals surface area contributed by atoms with Crippen LogP contribution in [0.25, 0.3) is 0 Å². The van der Waals surface area contributed by atoms with E-state index in [2.05, 4.69) is 4.98 Å². The fourth-order valence-corrected chi connectivity index (χ4v) is 3.61. The molecule has 1 amide bonds. The average Bonchev–Trinajstić information content (AvgIpc) is 3.14. The first-order valence-electron chi connectivity index (χ1n) is 8.50. The number of nitrogens with zero attached hydrogens (tertiary/aromatic N) is 5. The van der Waals surface area contributed by atoms with Gasteiger partial charge in [0.05, 0.1) is 17.9 Å². The van der Waals surface area contributed by atoms with Crippen molar-refractivity contribution in [2.24, 2.45) is 0 Å². The summed E-state index contributed by atoms with van der Waals surface area (Å²) in [7, 11) is 0. The topological polar surface area (TPSA) is 101 Å². The Balaban J connectivity index is 2.00. The van der Waals surface area contributed by atoms with Gasteiger partial charge in [-0.05, 0) is 19.1 Å². The Kier molecular flexibility index (Phi) is 5.52. The third kappa shape index (κ3) is 3.63. The lowest BCUT2D eigenvalue weighted by atomic mass is 10.3. The Hall–Kier alpha value is -3.51. The van der Waals surface area contributed by atoms with Crippen molar-refractivity contribution in [1.82, 2.24) is 14.1 Å². The minimum absolute atomic E-state index is 0.0791. The van der Waals surface area contributed by atoms with E-state index in [4.69, 9.17) is 5.26 Å². The highest BCUT2D eigenvalue weighted by Crippen LogP contribution is 2.28. The number of amides is 1. The number of rotatable bonds is 5. The second kappa shape index (κ2) is 8.02. The number of anilines is 2. The van der Waals surface area contributed by atoms with E-state index in [9.17, 15) is 14.4 Å². The number of aryl methyl sites for hydroxylation is 1. The fraction of sp³-hybridized carbons (Fsp3) is 0.211. The van der Waals surface area contributed by atoms with Crippen LogP contribution in [0.3, 0.4) is 0 Å². The molecule has 0 atom stereocenters.